The molecule has 0 aliphatic heterocycles. The number of nitrogen functional groups attached to an aromatic ring is 1. The van der Waals surface area contributed by atoms with Crippen molar-refractivity contribution in [1.29, 1.82) is 0 Å². The quantitative estimate of drug-likeness (QED) is 0.801. The summed E-state index contributed by atoms with van der Waals surface area (Å²) in [6.45, 7) is 9.10. The van der Waals surface area contributed by atoms with E-state index in [1.807, 2.05) is 12.1 Å². The van der Waals surface area contributed by atoms with Gasteiger partial charge in [0.05, 0.1) is 5.69 Å². The molecule has 0 bridgehead atoms. The van der Waals surface area contributed by atoms with Crippen LogP contribution >= 0.6 is 0 Å². The Hall–Kier alpha value is -2.62. The van der Waals surface area contributed by atoms with E-state index in [1.54, 1.807) is 43.3 Å². The highest BCUT2D eigenvalue weighted by Crippen LogP contribution is 2.18. The van der Waals surface area contributed by atoms with Gasteiger partial charge in [-0.05, 0) is 31.2 Å². The Kier molecular flexibility index (Phi) is 6.14. The standard InChI is InChI=1S/C17H20FN3/c1-5-13(16-9-8-10-17(19)20-16)12-21(4)15(7-3)11-14(18)6-2/h5-12H,1,3H2,2,4H3,(H2,19,20)/b13-12+,14-6+,15-11+. The van der Waals surface area contributed by atoms with Gasteiger partial charge in [0.2, 0.25) is 0 Å². The number of aromatic nitrogens is 1. The normalized spacial score (nSPS) is 13.0. The maximum atomic E-state index is 13.4. The number of nitrogens with two attached hydrogens (primary N) is 1. The van der Waals surface area contributed by atoms with Crippen molar-refractivity contribution in [1.82, 2.24) is 9.88 Å². The van der Waals surface area contributed by atoms with Crippen LogP contribution in [-0.4, -0.2) is 16.9 Å². The van der Waals surface area contributed by atoms with Crippen LogP contribution in [0.25, 0.3) is 5.57 Å². The van der Waals surface area contributed by atoms with Gasteiger partial charge in [-0.25, -0.2) is 9.37 Å². The molecular weight excluding hydrogens is 265 g/mol. The lowest BCUT2D eigenvalue weighted by Gasteiger charge is -2.17. The number of hydrogen-bond acceptors (Lipinski definition) is 3. The lowest BCUT2D eigenvalue weighted by molar-refractivity contribution is 0.580. The summed E-state index contributed by atoms with van der Waals surface area (Å²) >= 11 is 0. The van der Waals surface area contributed by atoms with Crippen molar-refractivity contribution in [3.8, 4) is 0 Å². The largest absolute Gasteiger partial charge is 0.384 e. The van der Waals surface area contributed by atoms with Crippen molar-refractivity contribution in [2.24, 2.45) is 0 Å². The number of anilines is 1. The van der Waals surface area contributed by atoms with Gasteiger partial charge in [-0.1, -0.05) is 31.4 Å². The van der Waals surface area contributed by atoms with Gasteiger partial charge in [-0.3, -0.25) is 0 Å². The SMILES string of the molecule is C=C/C(=C\N(C)/C(C=C)=C/C(F)=C\C)c1cccc(N)n1. The third kappa shape index (κ3) is 4.76. The van der Waals surface area contributed by atoms with Crippen LogP contribution in [0.15, 0.2) is 73.4 Å². The first-order valence-electron chi connectivity index (χ1n) is 6.47. The molecule has 0 atom stereocenters. The molecule has 0 amide bonds. The van der Waals surface area contributed by atoms with E-state index < -0.39 is 0 Å². The number of likely N-dealkylation sites (N-methyl/N-ethyl adjacent to an activating group) is 1. The summed E-state index contributed by atoms with van der Waals surface area (Å²) < 4.78 is 13.4. The third-order valence-corrected chi connectivity index (χ3v) is 2.80. The average molecular weight is 285 g/mol. The molecule has 0 unspecified atom stereocenters. The second-order valence-electron chi connectivity index (χ2n) is 4.29. The van der Waals surface area contributed by atoms with Gasteiger partial charge >= 0.3 is 0 Å². The van der Waals surface area contributed by atoms with Gasteiger partial charge in [0.25, 0.3) is 0 Å². The Balaban J connectivity index is 3.15. The highest BCUT2D eigenvalue weighted by atomic mass is 19.1. The van der Waals surface area contributed by atoms with Gasteiger partial charge in [-0.15, -0.1) is 0 Å². The van der Waals surface area contributed by atoms with Crippen LogP contribution in [0.3, 0.4) is 0 Å². The molecule has 0 saturated carbocycles. The highest BCUT2D eigenvalue weighted by Gasteiger charge is 2.04. The fourth-order valence-corrected chi connectivity index (χ4v) is 1.65. The molecule has 3 nitrogen and oxygen atoms in total. The Labute approximate surface area is 125 Å². The molecule has 4 heteroatoms. The van der Waals surface area contributed by atoms with Gasteiger partial charge in [0, 0.05) is 24.5 Å². The zero-order valence-corrected chi connectivity index (χ0v) is 12.4. The number of halogens is 1. The molecule has 21 heavy (non-hydrogen) atoms. The molecule has 0 aliphatic carbocycles. The lowest BCUT2D eigenvalue weighted by Crippen LogP contribution is -2.09. The summed E-state index contributed by atoms with van der Waals surface area (Å²) in [4.78, 5) is 5.99. The van der Waals surface area contributed by atoms with Gasteiger partial charge in [0.1, 0.15) is 11.6 Å². The monoisotopic (exact) mass is 285 g/mol. The van der Waals surface area contributed by atoms with Crippen LogP contribution in [0.4, 0.5) is 10.2 Å². The summed E-state index contributed by atoms with van der Waals surface area (Å²) in [5, 5.41) is 0. The van der Waals surface area contributed by atoms with Crippen LogP contribution < -0.4 is 5.73 Å². The fraction of sp³-hybridized carbons (Fsp3) is 0.118. The highest BCUT2D eigenvalue weighted by molar-refractivity contribution is 5.71. The van der Waals surface area contributed by atoms with E-state index in [0.717, 1.165) is 5.57 Å². The predicted molar refractivity (Wildman–Crippen MR) is 87.7 cm³/mol. The van der Waals surface area contributed by atoms with Crippen molar-refractivity contribution in [2.45, 2.75) is 6.92 Å². The zero-order chi connectivity index (χ0) is 15.8. The van der Waals surface area contributed by atoms with Crippen LogP contribution in [-0.2, 0) is 0 Å². The fourth-order valence-electron chi connectivity index (χ4n) is 1.65. The summed E-state index contributed by atoms with van der Waals surface area (Å²) in [6.07, 6.45) is 7.83. The van der Waals surface area contributed by atoms with E-state index in [1.165, 1.54) is 12.2 Å². The number of pyridine rings is 1. The smallest absolute Gasteiger partial charge is 0.124 e. The Bertz CT molecular complexity index is 612. The van der Waals surface area contributed by atoms with E-state index in [4.69, 9.17) is 5.73 Å². The minimum absolute atomic E-state index is 0.326. The van der Waals surface area contributed by atoms with E-state index in [-0.39, 0.29) is 5.83 Å². The minimum Gasteiger partial charge on any atom is -0.384 e. The number of hydrogen-bond donors (Lipinski definition) is 1. The van der Waals surface area contributed by atoms with Crippen molar-refractivity contribution >= 4 is 11.4 Å². The second-order valence-corrected chi connectivity index (χ2v) is 4.29. The maximum absolute atomic E-state index is 13.4. The molecule has 1 heterocycles. The first-order chi connectivity index (χ1) is 10.0. The Morgan fingerprint density at radius 2 is 2.05 bits per heavy atom. The molecule has 0 radical (unpaired) electrons. The molecule has 0 aliphatic rings. The molecule has 1 aromatic rings. The molecule has 0 aromatic carbocycles. The molecule has 1 aromatic heterocycles. The molecule has 0 saturated heterocycles. The number of allylic oxidation sites excluding steroid dienone is 6. The summed E-state index contributed by atoms with van der Waals surface area (Å²) in [5.74, 6) is 0.106. The van der Waals surface area contributed by atoms with Crippen LogP contribution in [0.1, 0.15) is 12.6 Å². The maximum Gasteiger partial charge on any atom is 0.124 e. The third-order valence-electron chi connectivity index (χ3n) is 2.80. The van der Waals surface area contributed by atoms with Crippen molar-refractivity contribution < 1.29 is 4.39 Å². The van der Waals surface area contributed by atoms with Crippen LogP contribution in [0, 0.1) is 0 Å². The minimum atomic E-state index is -0.326. The molecule has 0 spiro atoms. The Morgan fingerprint density at radius 3 is 2.57 bits per heavy atom. The average Bonchev–Trinajstić information content (AvgIpc) is 2.49. The predicted octanol–water partition coefficient (Wildman–Crippen LogP) is 4.07. The molecule has 1 rings (SSSR count). The van der Waals surface area contributed by atoms with Crippen molar-refractivity contribution in [3.05, 3.63) is 79.1 Å². The van der Waals surface area contributed by atoms with E-state index >= 15 is 0 Å². The first kappa shape index (κ1) is 16.4. The molecule has 0 fully saturated rings. The van der Waals surface area contributed by atoms with E-state index in [0.29, 0.717) is 17.2 Å². The second kappa shape index (κ2) is 7.85. The Morgan fingerprint density at radius 1 is 1.33 bits per heavy atom. The van der Waals surface area contributed by atoms with Crippen LogP contribution in [0.2, 0.25) is 0 Å². The molecule has 2 N–H and O–H groups in total. The first-order valence-corrected chi connectivity index (χ1v) is 6.47. The van der Waals surface area contributed by atoms with Gasteiger partial charge in [-0.2, -0.15) is 0 Å². The summed E-state index contributed by atoms with van der Waals surface area (Å²) in [5.41, 5.74) is 7.78. The van der Waals surface area contributed by atoms with Crippen molar-refractivity contribution in [2.75, 3.05) is 12.8 Å². The summed E-state index contributed by atoms with van der Waals surface area (Å²) in [6, 6.07) is 5.37. The van der Waals surface area contributed by atoms with Crippen LogP contribution in [0.5, 0.6) is 0 Å². The zero-order valence-electron chi connectivity index (χ0n) is 12.4. The van der Waals surface area contributed by atoms with E-state index in [2.05, 4.69) is 18.1 Å². The number of rotatable bonds is 6. The van der Waals surface area contributed by atoms with Gasteiger partial charge in [0.15, 0.2) is 0 Å². The molecular formula is C17H20FN3. The number of nitrogens with zero attached hydrogens (tertiary/aromatic N) is 2. The molecule has 110 valence electrons. The topological polar surface area (TPSA) is 42.1 Å². The van der Waals surface area contributed by atoms with Gasteiger partial charge < -0.3 is 10.6 Å². The van der Waals surface area contributed by atoms with Crippen molar-refractivity contribution in [3.63, 3.8) is 0 Å². The summed E-state index contributed by atoms with van der Waals surface area (Å²) in [7, 11) is 1.80. The van der Waals surface area contributed by atoms with E-state index in [9.17, 15) is 4.39 Å². The lowest BCUT2D eigenvalue weighted by atomic mass is 10.1.